The lowest BCUT2D eigenvalue weighted by Crippen LogP contribution is -2.45. The van der Waals surface area contributed by atoms with Crippen LogP contribution in [0.2, 0.25) is 0 Å². The maximum atomic E-state index is 12.9. The van der Waals surface area contributed by atoms with Gasteiger partial charge in [0.25, 0.3) is 0 Å². The second kappa shape index (κ2) is 44.2. The van der Waals surface area contributed by atoms with Gasteiger partial charge in [0.15, 0.2) is 0 Å². The Bertz CT molecular complexity index is 1240. The maximum Gasteiger partial charge on any atom is 0.472 e. The number of amides is 1. The zero-order chi connectivity index (χ0) is 45.7. The van der Waals surface area contributed by atoms with Gasteiger partial charge in [-0.1, -0.05) is 196 Å². The molecule has 0 bridgehead atoms. The molecule has 0 aliphatic rings. The average Bonchev–Trinajstić information content (AvgIpc) is 3.23. The van der Waals surface area contributed by atoms with Gasteiger partial charge in [-0.15, -0.1) is 0 Å². The predicted molar refractivity (Wildman–Crippen MR) is 267 cm³/mol. The van der Waals surface area contributed by atoms with Gasteiger partial charge in [0.2, 0.25) is 5.91 Å². The second-order valence-corrected chi connectivity index (χ2v) is 19.6. The number of quaternary nitrogens is 1. The fourth-order valence-electron chi connectivity index (χ4n) is 6.91. The first-order chi connectivity index (χ1) is 30.0. The first-order valence-electron chi connectivity index (χ1n) is 25.3. The van der Waals surface area contributed by atoms with E-state index in [-0.39, 0.29) is 19.1 Å². The molecule has 0 aliphatic heterocycles. The number of rotatable bonds is 45. The van der Waals surface area contributed by atoms with Gasteiger partial charge in [0.05, 0.1) is 39.9 Å². The summed E-state index contributed by atoms with van der Waals surface area (Å²) in [4.78, 5) is 23.1. The molecule has 0 aromatic heterocycles. The van der Waals surface area contributed by atoms with Crippen molar-refractivity contribution in [1.29, 1.82) is 0 Å². The zero-order valence-electron chi connectivity index (χ0n) is 40.8. The number of aliphatic hydroxyl groups excluding tert-OH is 1. The van der Waals surface area contributed by atoms with E-state index in [4.69, 9.17) is 9.05 Å². The first-order valence-corrected chi connectivity index (χ1v) is 26.8. The minimum absolute atomic E-state index is 0.0444. The van der Waals surface area contributed by atoms with Crippen molar-refractivity contribution in [3.8, 4) is 0 Å². The lowest BCUT2D eigenvalue weighted by Gasteiger charge is -2.25. The van der Waals surface area contributed by atoms with Gasteiger partial charge in [-0.3, -0.25) is 13.8 Å². The molecule has 360 valence electrons. The highest BCUT2D eigenvalue weighted by molar-refractivity contribution is 7.47. The Kier molecular flexibility index (Phi) is 42.7. The standard InChI is InChI=1S/C53H97N2O6P/c1-6-8-10-12-14-16-18-20-21-22-23-24-25-26-27-28-29-30-31-32-33-35-36-38-40-42-44-46-52(56)51(50-61-62(58,59)60-49-48-55(3,4)5)54-53(57)47-45-43-41-39-37-34-19-17-15-13-11-9-7-2/h9,11,15,17,31-32,34,36-38,44,46,51-52,56H,6-8,10,12-14,16,18-30,33,35,39-43,45,47-50H2,1-5H3,(H-,54,57,58,59)/p+1/b11-9-,17-15-,32-31+,37-34-,38-36+,46-44+. The van der Waals surface area contributed by atoms with Gasteiger partial charge in [0.1, 0.15) is 13.2 Å². The van der Waals surface area contributed by atoms with Gasteiger partial charge >= 0.3 is 7.82 Å². The summed E-state index contributed by atoms with van der Waals surface area (Å²) < 4.78 is 23.5. The van der Waals surface area contributed by atoms with Crippen molar-refractivity contribution in [1.82, 2.24) is 5.32 Å². The topological polar surface area (TPSA) is 105 Å². The van der Waals surface area contributed by atoms with Crippen molar-refractivity contribution in [2.45, 2.75) is 219 Å². The molecule has 0 saturated carbocycles. The monoisotopic (exact) mass is 890 g/mol. The summed E-state index contributed by atoms with van der Waals surface area (Å²) in [6.45, 7) is 4.64. The Morgan fingerprint density at radius 1 is 0.565 bits per heavy atom. The number of allylic oxidation sites excluding steroid dienone is 11. The van der Waals surface area contributed by atoms with Crippen LogP contribution in [0.5, 0.6) is 0 Å². The highest BCUT2D eigenvalue weighted by atomic mass is 31.2. The van der Waals surface area contributed by atoms with Gasteiger partial charge < -0.3 is 19.8 Å². The molecular weight excluding hydrogens is 792 g/mol. The van der Waals surface area contributed by atoms with Crippen LogP contribution in [0.3, 0.4) is 0 Å². The molecule has 9 heteroatoms. The molecule has 3 unspecified atom stereocenters. The van der Waals surface area contributed by atoms with Crippen LogP contribution in [0.25, 0.3) is 0 Å². The molecule has 62 heavy (non-hydrogen) atoms. The number of carbonyl (C=O) groups excluding carboxylic acids is 1. The molecule has 1 amide bonds. The van der Waals surface area contributed by atoms with Crippen LogP contribution in [0, 0.1) is 0 Å². The smallest absolute Gasteiger partial charge is 0.387 e. The first kappa shape index (κ1) is 59.9. The van der Waals surface area contributed by atoms with Crippen LogP contribution in [-0.4, -0.2) is 73.4 Å². The highest BCUT2D eigenvalue weighted by Gasteiger charge is 2.27. The molecule has 3 N–H and O–H groups in total. The Morgan fingerprint density at radius 2 is 0.984 bits per heavy atom. The molecule has 0 aliphatic carbocycles. The third kappa shape index (κ3) is 45.9. The van der Waals surface area contributed by atoms with Crippen molar-refractivity contribution in [2.75, 3.05) is 40.9 Å². The SMILES string of the molecule is CC/C=C\C/C=C\C/C=C\CCCCCC(=O)NC(COP(=O)(O)OCC[N+](C)(C)C)C(O)/C=C/CC/C=C/CC/C=C/CCCCCCCCCCCCCCCCCCC. The largest absolute Gasteiger partial charge is 0.472 e. The number of likely N-dealkylation sites (N-methyl/N-ethyl adjacent to an activating group) is 1. The van der Waals surface area contributed by atoms with E-state index < -0.39 is 20.0 Å². The van der Waals surface area contributed by atoms with E-state index in [1.165, 1.54) is 116 Å². The number of unbranched alkanes of at least 4 members (excludes halogenated alkanes) is 22. The number of nitrogens with one attached hydrogen (secondary N) is 1. The van der Waals surface area contributed by atoms with Crippen LogP contribution >= 0.6 is 7.82 Å². The van der Waals surface area contributed by atoms with Crippen LogP contribution in [0.15, 0.2) is 72.9 Å². The summed E-state index contributed by atoms with van der Waals surface area (Å²) in [5.74, 6) is -0.222. The van der Waals surface area contributed by atoms with Crippen LogP contribution < -0.4 is 5.32 Å². The number of carbonyl (C=O) groups is 1. The fraction of sp³-hybridized carbons (Fsp3) is 0.755. The van der Waals surface area contributed by atoms with E-state index in [1.807, 2.05) is 27.2 Å². The van der Waals surface area contributed by atoms with Crippen LogP contribution in [0.1, 0.15) is 206 Å². The number of phosphoric ester groups is 1. The average molecular weight is 890 g/mol. The second-order valence-electron chi connectivity index (χ2n) is 18.1. The van der Waals surface area contributed by atoms with E-state index in [2.05, 4.69) is 79.9 Å². The Balaban J connectivity index is 4.34. The summed E-state index contributed by atoms with van der Waals surface area (Å²) >= 11 is 0. The molecule has 8 nitrogen and oxygen atoms in total. The Morgan fingerprint density at radius 3 is 1.48 bits per heavy atom. The molecule has 0 spiro atoms. The number of nitrogens with zero attached hydrogens (tertiary/aromatic N) is 1. The van der Waals surface area contributed by atoms with Crippen LogP contribution in [-0.2, 0) is 18.4 Å². The number of hydrogen-bond donors (Lipinski definition) is 3. The van der Waals surface area contributed by atoms with Gasteiger partial charge in [-0.25, -0.2) is 4.57 Å². The minimum Gasteiger partial charge on any atom is -0.387 e. The summed E-state index contributed by atoms with van der Waals surface area (Å²) in [6.07, 6.45) is 60.1. The molecule has 0 aromatic carbocycles. The van der Waals surface area contributed by atoms with E-state index in [9.17, 15) is 19.4 Å². The fourth-order valence-corrected chi connectivity index (χ4v) is 7.65. The third-order valence-electron chi connectivity index (χ3n) is 10.9. The minimum atomic E-state index is -4.36. The zero-order valence-corrected chi connectivity index (χ0v) is 41.7. The number of aliphatic hydroxyl groups is 1. The quantitative estimate of drug-likeness (QED) is 0.0243. The Labute approximate surface area is 383 Å². The van der Waals surface area contributed by atoms with E-state index in [0.29, 0.717) is 17.4 Å². The van der Waals surface area contributed by atoms with E-state index >= 15 is 0 Å². The van der Waals surface area contributed by atoms with Crippen molar-refractivity contribution >= 4 is 13.7 Å². The summed E-state index contributed by atoms with van der Waals surface area (Å²) in [5.41, 5.74) is 0. The predicted octanol–water partition coefficient (Wildman–Crippen LogP) is 14.8. The normalized spacial score (nSPS) is 14.8. The summed E-state index contributed by atoms with van der Waals surface area (Å²) in [7, 11) is 1.52. The molecule has 0 rings (SSSR count). The lowest BCUT2D eigenvalue weighted by atomic mass is 10.0. The maximum absolute atomic E-state index is 12.9. The van der Waals surface area contributed by atoms with E-state index in [1.54, 1.807) is 6.08 Å². The number of phosphoric acid groups is 1. The molecule has 0 fully saturated rings. The number of hydrogen-bond acceptors (Lipinski definition) is 5. The van der Waals surface area contributed by atoms with Crippen molar-refractivity contribution in [3.63, 3.8) is 0 Å². The lowest BCUT2D eigenvalue weighted by molar-refractivity contribution is -0.870. The van der Waals surface area contributed by atoms with Gasteiger partial charge in [-0.2, -0.15) is 0 Å². The third-order valence-corrected chi connectivity index (χ3v) is 11.9. The van der Waals surface area contributed by atoms with Crippen molar-refractivity contribution < 1.29 is 32.9 Å². The molecular formula is C53H98N2O6P+. The van der Waals surface area contributed by atoms with Crippen molar-refractivity contribution in [3.05, 3.63) is 72.9 Å². The summed E-state index contributed by atoms with van der Waals surface area (Å²) in [6, 6.07) is -0.888. The molecule has 0 aromatic rings. The van der Waals surface area contributed by atoms with Crippen LogP contribution in [0.4, 0.5) is 0 Å². The van der Waals surface area contributed by atoms with Crippen molar-refractivity contribution in [2.24, 2.45) is 0 Å². The van der Waals surface area contributed by atoms with Gasteiger partial charge in [0, 0.05) is 6.42 Å². The highest BCUT2D eigenvalue weighted by Crippen LogP contribution is 2.43. The molecule has 3 atom stereocenters. The molecule has 0 heterocycles. The molecule has 0 saturated heterocycles. The molecule has 0 radical (unpaired) electrons. The Hall–Kier alpha value is -2.06. The van der Waals surface area contributed by atoms with Gasteiger partial charge in [-0.05, 0) is 77.0 Å². The summed E-state index contributed by atoms with van der Waals surface area (Å²) in [5, 5.41) is 13.8. The van der Waals surface area contributed by atoms with E-state index in [0.717, 1.165) is 70.6 Å².